The van der Waals surface area contributed by atoms with Gasteiger partial charge in [-0.05, 0) is 55.0 Å². The van der Waals surface area contributed by atoms with Gasteiger partial charge in [0.1, 0.15) is 23.4 Å². The molecule has 2 rings (SSSR count). The van der Waals surface area contributed by atoms with Gasteiger partial charge in [0, 0.05) is 0 Å². The highest BCUT2D eigenvalue weighted by Crippen LogP contribution is 2.20. The van der Waals surface area contributed by atoms with E-state index in [1.807, 2.05) is 0 Å². The Hall–Kier alpha value is -2.75. The lowest BCUT2D eigenvalue weighted by molar-refractivity contribution is 0.0734. The van der Waals surface area contributed by atoms with Crippen molar-refractivity contribution in [3.8, 4) is 17.2 Å². The minimum Gasteiger partial charge on any atom is -0.497 e. The first kappa shape index (κ1) is 17.6. The van der Waals surface area contributed by atoms with Crippen molar-refractivity contribution in [1.29, 1.82) is 0 Å². The van der Waals surface area contributed by atoms with E-state index >= 15 is 0 Å². The summed E-state index contributed by atoms with van der Waals surface area (Å²) in [5.41, 5.74) is 0.462. The molecule has 0 amide bonds. The highest BCUT2D eigenvalue weighted by atomic mass is 16.5. The average molecular weight is 326 g/mol. The van der Waals surface area contributed by atoms with Gasteiger partial charge < -0.3 is 14.2 Å². The standard InChI is InChI=1S/C20H22O4/c1-4-6-16(5-2)23-18-9-7-15(8-10-18)20(21)24-19-13-11-17(22-3)12-14-19/h5,7-14,16H,2,4,6H2,1,3H3. The Balaban J connectivity index is 1.98. The van der Waals surface area contributed by atoms with E-state index in [2.05, 4.69) is 13.5 Å². The van der Waals surface area contributed by atoms with Gasteiger partial charge in [0.15, 0.2) is 0 Å². The Morgan fingerprint density at radius 2 is 1.62 bits per heavy atom. The molecule has 0 spiro atoms. The van der Waals surface area contributed by atoms with Gasteiger partial charge in [-0.25, -0.2) is 4.79 Å². The summed E-state index contributed by atoms with van der Waals surface area (Å²) in [6, 6.07) is 13.8. The molecule has 0 aromatic heterocycles. The first-order valence-corrected chi connectivity index (χ1v) is 7.91. The van der Waals surface area contributed by atoms with E-state index in [0.717, 1.165) is 12.8 Å². The molecule has 4 nitrogen and oxygen atoms in total. The third-order valence-electron chi connectivity index (χ3n) is 3.48. The van der Waals surface area contributed by atoms with Crippen LogP contribution in [0.4, 0.5) is 0 Å². The smallest absolute Gasteiger partial charge is 0.343 e. The van der Waals surface area contributed by atoms with E-state index in [1.54, 1.807) is 61.7 Å². The van der Waals surface area contributed by atoms with Crippen LogP contribution in [0.3, 0.4) is 0 Å². The van der Waals surface area contributed by atoms with Crippen LogP contribution in [0.1, 0.15) is 30.1 Å². The first-order valence-electron chi connectivity index (χ1n) is 7.91. The molecule has 0 N–H and O–H groups in total. The largest absolute Gasteiger partial charge is 0.497 e. The van der Waals surface area contributed by atoms with Gasteiger partial charge >= 0.3 is 5.97 Å². The Bertz CT molecular complexity index is 659. The van der Waals surface area contributed by atoms with Crippen LogP contribution in [-0.4, -0.2) is 19.2 Å². The molecule has 2 aromatic rings. The number of ether oxygens (including phenoxy) is 3. The number of methoxy groups -OCH3 is 1. The molecule has 0 saturated carbocycles. The van der Waals surface area contributed by atoms with Crippen molar-refractivity contribution >= 4 is 5.97 Å². The Morgan fingerprint density at radius 3 is 2.17 bits per heavy atom. The van der Waals surface area contributed by atoms with E-state index < -0.39 is 5.97 Å². The van der Waals surface area contributed by atoms with Crippen LogP contribution in [0.5, 0.6) is 17.2 Å². The lowest BCUT2D eigenvalue weighted by Gasteiger charge is -2.14. The monoisotopic (exact) mass is 326 g/mol. The van der Waals surface area contributed by atoms with E-state index in [4.69, 9.17) is 14.2 Å². The Labute approximate surface area is 142 Å². The van der Waals surface area contributed by atoms with Gasteiger partial charge in [-0.3, -0.25) is 0 Å². The molecule has 0 heterocycles. The number of rotatable bonds is 8. The topological polar surface area (TPSA) is 44.8 Å². The molecular weight excluding hydrogens is 304 g/mol. The highest BCUT2D eigenvalue weighted by molar-refractivity contribution is 5.91. The fourth-order valence-corrected chi connectivity index (χ4v) is 2.16. The number of carbonyl (C=O) groups excluding carboxylic acids is 1. The number of hydrogen-bond donors (Lipinski definition) is 0. The molecule has 0 aliphatic rings. The minimum atomic E-state index is -0.416. The quantitative estimate of drug-likeness (QED) is 0.402. The molecule has 0 aliphatic heterocycles. The number of benzene rings is 2. The molecule has 4 heteroatoms. The second-order valence-electron chi connectivity index (χ2n) is 5.27. The molecule has 0 bridgehead atoms. The maximum Gasteiger partial charge on any atom is 0.343 e. The summed E-state index contributed by atoms with van der Waals surface area (Å²) in [6.07, 6.45) is 3.69. The van der Waals surface area contributed by atoms with Gasteiger partial charge in [-0.15, -0.1) is 0 Å². The van der Waals surface area contributed by atoms with Crippen molar-refractivity contribution in [2.45, 2.75) is 25.9 Å². The van der Waals surface area contributed by atoms with Gasteiger partial charge in [0.05, 0.1) is 12.7 Å². The third kappa shape index (κ3) is 4.88. The summed E-state index contributed by atoms with van der Waals surface area (Å²) in [5.74, 6) is 1.46. The van der Waals surface area contributed by atoms with Crippen molar-refractivity contribution in [2.75, 3.05) is 7.11 Å². The molecule has 0 saturated heterocycles. The fourth-order valence-electron chi connectivity index (χ4n) is 2.16. The molecule has 1 unspecified atom stereocenters. The van der Waals surface area contributed by atoms with E-state index in [0.29, 0.717) is 22.8 Å². The van der Waals surface area contributed by atoms with Gasteiger partial charge in [-0.2, -0.15) is 0 Å². The van der Waals surface area contributed by atoms with Gasteiger partial charge in [0.25, 0.3) is 0 Å². The Morgan fingerprint density at radius 1 is 1.04 bits per heavy atom. The second-order valence-corrected chi connectivity index (χ2v) is 5.27. The summed E-state index contributed by atoms with van der Waals surface area (Å²) in [6.45, 7) is 5.87. The molecule has 1 atom stereocenters. The Kier molecular flexibility index (Phi) is 6.43. The van der Waals surface area contributed by atoms with Crippen LogP contribution < -0.4 is 14.2 Å². The van der Waals surface area contributed by atoms with Crippen molar-refractivity contribution < 1.29 is 19.0 Å². The zero-order valence-corrected chi connectivity index (χ0v) is 14.0. The van der Waals surface area contributed by atoms with Crippen LogP contribution in [-0.2, 0) is 0 Å². The van der Waals surface area contributed by atoms with E-state index in [9.17, 15) is 4.79 Å². The minimum absolute atomic E-state index is 0.0212. The summed E-state index contributed by atoms with van der Waals surface area (Å²) in [5, 5.41) is 0. The molecule has 24 heavy (non-hydrogen) atoms. The van der Waals surface area contributed by atoms with Crippen LogP contribution in [0.2, 0.25) is 0 Å². The normalized spacial score (nSPS) is 11.4. The van der Waals surface area contributed by atoms with Crippen molar-refractivity contribution in [1.82, 2.24) is 0 Å². The fraction of sp³-hybridized carbons (Fsp3) is 0.250. The molecule has 126 valence electrons. The zero-order valence-electron chi connectivity index (χ0n) is 14.0. The van der Waals surface area contributed by atoms with Crippen molar-refractivity contribution in [3.63, 3.8) is 0 Å². The first-order chi connectivity index (χ1) is 11.7. The van der Waals surface area contributed by atoms with Crippen LogP contribution in [0, 0.1) is 0 Å². The van der Waals surface area contributed by atoms with Crippen molar-refractivity contribution in [3.05, 3.63) is 66.7 Å². The average Bonchev–Trinajstić information content (AvgIpc) is 2.62. The van der Waals surface area contributed by atoms with Gasteiger partial charge in [-0.1, -0.05) is 26.0 Å². The maximum atomic E-state index is 12.2. The molecule has 2 aromatic carbocycles. The molecule has 0 fully saturated rings. The highest BCUT2D eigenvalue weighted by Gasteiger charge is 2.10. The van der Waals surface area contributed by atoms with Crippen LogP contribution in [0.15, 0.2) is 61.2 Å². The summed E-state index contributed by atoms with van der Waals surface area (Å²) in [4.78, 5) is 12.2. The molecule has 0 aliphatic carbocycles. The predicted octanol–water partition coefficient (Wildman–Crippen LogP) is 4.65. The predicted molar refractivity (Wildman–Crippen MR) is 93.9 cm³/mol. The summed E-state index contributed by atoms with van der Waals surface area (Å²) >= 11 is 0. The number of esters is 1. The number of hydrogen-bond acceptors (Lipinski definition) is 4. The lowest BCUT2D eigenvalue weighted by Crippen LogP contribution is -2.13. The van der Waals surface area contributed by atoms with Crippen LogP contribution in [0.25, 0.3) is 0 Å². The van der Waals surface area contributed by atoms with E-state index in [1.165, 1.54) is 0 Å². The maximum absolute atomic E-state index is 12.2. The zero-order chi connectivity index (χ0) is 17.4. The van der Waals surface area contributed by atoms with Crippen molar-refractivity contribution in [2.24, 2.45) is 0 Å². The molecular formula is C20H22O4. The SMILES string of the molecule is C=CC(CCC)Oc1ccc(C(=O)Oc2ccc(OC)cc2)cc1. The van der Waals surface area contributed by atoms with Gasteiger partial charge in [0.2, 0.25) is 0 Å². The van der Waals surface area contributed by atoms with E-state index in [-0.39, 0.29) is 6.10 Å². The molecule has 0 radical (unpaired) electrons. The lowest BCUT2D eigenvalue weighted by atomic mass is 10.2. The summed E-state index contributed by atoms with van der Waals surface area (Å²) in [7, 11) is 1.59. The number of carbonyl (C=O) groups is 1. The third-order valence-corrected chi connectivity index (χ3v) is 3.48. The van der Waals surface area contributed by atoms with Crippen LogP contribution >= 0.6 is 0 Å². The summed E-state index contributed by atoms with van der Waals surface area (Å²) < 4.78 is 16.2. The second kappa shape index (κ2) is 8.77.